The van der Waals surface area contributed by atoms with Gasteiger partial charge in [-0.05, 0) is 24.3 Å². The van der Waals surface area contributed by atoms with E-state index in [0.29, 0.717) is 24.5 Å². The molecule has 0 aliphatic carbocycles. The lowest BCUT2D eigenvalue weighted by atomic mass is 10.2. The van der Waals surface area contributed by atoms with Crippen molar-refractivity contribution in [2.75, 3.05) is 27.4 Å². The molecule has 1 rings (SSSR count). The molecular weight excluding hydrogens is 351 g/mol. The largest absolute Gasteiger partial charge is 0.497 e. The summed E-state index contributed by atoms with van der Waals surface area (Å²) in [6.45, 7) is 1.27. The minimum atomic E-state index is -1.62. The van der Waals surface area contributed by atoms with Crippen molar-refractivity contribution in [2.45, 2.75) is 16.4 Å². The normalized spacial score (nSPS) is 12.8. The van der Waals surface area contributed by atoms with Crippen molar-refractivity contribution >= 4 is 40.7 Å². The van der Waals surface area contributed by atoms with Gasteiger partial charge in [-0.1, -0.05) is 34.8 Å². The molecule has 5 nitrogen and oxygen atoms in total. The molecule has 0 bridgehead atoms. The minimum Gasteiger partial charge on any atom is -0.497 e. The Morgan fingerprint density at radius 3 is 2.41 bits per heavy atom. The number of methoxy groups -OCH3 is 2. The molecule has 124 valence electrons. The van der Waals surface area contributed by atoms with Gasteiger partial charge in [0.25, 0.3) is 9.70 Å². The third-order valence-electron chi connectivity index (χ3n) is 2.95. The highest BCUT2D eigenvalue weighted by atomic mass is 35.6. The highest BCUT2D eigenvalue weighted by Crippen LogP contribution is 2.27. The number of nitrogens with two attached hydrogens (primary N) is 1. The van der Waals surface area contributed by atoms with Crippen LogP contribution in [0.1, 0.15) is 16.8 Å². The van der Waals surface area contributed by atoms with Crippen LogP contribution in [0.15, 0.2) is 24.3 Å². The Balaban J connectivity index is 2.65. The molecule has 1 aromatic carbocycles. The van der Waals surface area contributed by atoms with Crippen molar-refractivity contribution in [3.05, 3.63) is 29.8 Å². The number of alkyl halides is 3. The summed E-state index contributed by atoms with van der Waals surface area (Å²) in [6.07, 6.45) is 0.0931. The van der Waals surface area contributed by atoms with Crippen LogP contribution >= 0.6 is 34.8 Å². The maximum Gasteiger partial charge on any atom is 0.262 e. The molecule has 0 unspecified atom stereocenters. The second-order valence-corrected chi connectivity index (χ2v) is 6.96. The number of ether oxygens (including phenoxy) is 2. The Labute approximate surface area is 145 Å². The number of nitrogens with one attached hydrogen (secondary N) is 1. The zero-order valence-corrected chi connectivity index (χ0v) is 14.7. The van der Waals surface area contributed by atoms with Crippen molar-refractivity contribution in [2.24, 2.45) is 0 Å². The van der Waals surface area contributed by atoms with Gasteiger partial charge < -0.3 is 14.8 Å². The molecular formula is C14H20Cl3N2O3+. The van der Waals surface area contributed by atoms with E-state index in [2.05, 4.69) is 5.32 Å². The number of amides is 1. The summed E-state index contributed by atoms with van der Waals surface area (Å²) in [5, 5.41) is 4.49. The molecule has 0 heterocycles. The Morgan fingerprint density at radius 2 is 1.91 bits per heavy atom. The summed E-state index contributed by atoms with van der Waals surface area (Å²) >= 11 is 17.8. The monoisotopic (exact) mass is 369 g/mol. The highest BCUT2D eigenvalue weighted by molar-refractivity contribution is 6.68. The standard InChI is InChI=1S/C14H19Cl3N2O3/c1-21-9-3-8-18-13(14(15,16)17)19-12(20)10-4-6-11(22-2)7-5-10/h4-7,13,18H,3,8-9H2,1-2H3,(H,19,20)/p+1/t13-/m1/s1. The fourth-order valence-corrected chi connectivity index (χ4v) is 2.18. The summed E-state index contributed by atoms with van der Waals surface area (Å²) in [5.41, 5.74) is 0.463. The van der Waals surface area contributed by atoms with E-state index < -0.39 is 9.96 Å². The van der Waals surface area contributed by atoms with Gasteiger partial charge in [0, 0.05) is 19.1 Å². The van der Waals surface area contributed by atoms with Crippen LogP contribution in [0.5, 0.6) is 5.75 Å². The first kappa shape index (κ1) is 19.3. The molecule has 1 atom stereocenters. The van der Waals surface area contributed by atoms with Crippen molar-refractivity contribution in [3.63, 3.8) is 0 Å². The van der Waals surface area contributed by atoms with E-state index in [1.807, 2.05) is 0 Å². The Hall–Kier alpha value is -0.720. The van der Waals surface area contributed by atoms with Crippen LogP contribution in [0.2, 0.25) is 0 Å². The van der Waals surface area contributed by atoms with E-state index in [4.69, 9.17) is 44.3 Å². The molecule has 3 N–H and O–H groups in total. The van der Waals surface area contributed by atoms with Crippen molar-refractivity contribution in [1.82, 2.24) is 5.32 Å². The third kappa shape index (κ3) is 6.58. The zero-order chi connectivity index (χ0) is 16.6. The molecule has 0 spiro atoms. The average Bonchev–Trinajstić information content (AvgIpc) is 2.49. The quantitative estimate of drug-likeness (QED) is 0.416. The van der Waals surface area contributed by atoms with Crippen LogP contribution in [-0.4, -0.2) is 43.2 Å². The fourth-order valence-electron chi connectivity index (χ4n) is 1.75. The van der Waals surface area contributed by atoms with Gasteiger partial charge in [-0.25, -0.2) is 0 Å². The van der Waals surface area contributed by atoms with Crippen molar-refractivity contribution in [3.8, 4) is 5.75 Å². The molecule has 22 heavy (non-hydrogen) atoms. The summed E-state index contributed by atoms with van der Waals surface area (Å²) in [6, 6.07) is 6.69. The van der Waals surface area contributed by atoms with Crippen LogP contribution in [0.4, 0.5) is 0 Å². The number of rotatable bonds is 8. The van der Waals surface area contributed by atoms with E-state index in [0.717, 1.165) is 6.42 Å². The molecule has 0 aliphatic rings. The van der Waals surface area contributed by atoms with Gasteiger partial charge in [0.15, 0.2) is 0 Å². The van der Waals surface area contributed by atoms with Gasteiger partial charge in [-0.15, -0.1) is 0 Å². The first-order chi connectivity index (χ1) is 10.4. The van der Waals surface area contributed by atoms with Crippen molar-refractivity contribution in [1.29, 1.82) is 0 Å². The second kappa shape index (κ2) is 9.43. The second-order valence-electron chi connectivity index (χ2n) is 4.59. The molecule has 0 aliphatic heterocycles. The number of benzene rings is 1. The maximum atomic E-state index is 12.2. The van der Waals surface area contributed by atoms with E-state index >= 15 is 0 Å². The van der Waals surface area contributed by atoms with E-state index in [9.17, 15) is 4.79 Å². The number of carbonyl (C=O) groups excluding carboxylic acids is 1. The lowest BCUT2D eigenvalue weighted by molar-refractivity contribution is -0.692. The molecule has 0 radical (unpaired) electrons. The maximum absolute atomic E-state index is 12.2. The van der Waals surface area contributed by atoms with Gasteiger partial charge in [0.2, 0.25) is 6.17 Å². The minimum absolute atomic E-state index is 0.318. The Morgan fingerprint density at radius 1 is 1.27 bits per heavy atom. The summed E-state index contributed by atoms with van der Waals surface area (Å²) in [4.78, 5) is 12.2. The highest BCUT2D eigenvalue weighted by Gasteiger charge is 2.37. The lowest BCUT2D eigenvalue weighted by Crippen LogP contribution is -2.96. The summed E-state index contributed by atoms with van der Waals surface area (Å²) in [5.74, 6) is 0.350. The predicted octanol–water partition coefficient (Wildman–Crippen LogP) is 1.72. The first-order valence-corrected chi connectivity index (χ1v) is 7.85. The van der Waals surface area contributed by atoms with E-state index in [1.54, 1.807) is 43.8 Å². The van der Waals surface area contributed by atoms with E-state index in [1.165, 1.54) is 0 Å². The zero-order valence-electron chi connectivity index (χ0n) is 12.4. The molecule has 1 amide bonds. The summed E-state index contributed by atoms with van der Waals surface area (Å²) < 4.78 is 8.39. The first-order valence-electron chi connectivity index (χ1n) is 6.72. The van der Waals surface area contributed by atoms with Gasteiger partial charge in [-0.2, -0.15) is 0 Å². The number of hydrogen-bond donors (Lipinski definition) is 2. The van der Waals surface area contributed by atoms with Gasteiger partial charge >= 0.3 is 0 Å². The molecule has 0 aromatic heterocycles. The van der Waals surface area contributed by atoms with Crippen LogP contribution in [0.25, 0.3) is 0 Å². The van der Waals surface area contributed by atoms with Gasteiger partial charge in [0.1, 0.15) is 5.75 Å². The van der Waals surface area contributed by atoms with Crippen LogP contribution in [-0.2, 0) is 4.74 Å². The average molecular weight is 371 g/mol. The number of hydrogen-bond acceptors (Lipinski definition) is 3. The third-order valence-corrected chi connectivity index (χ3v) is 3.65. The fraction of sp³-hybridized carbons (Fsp3) is 0.500. The smallest absolute Gasteiger partial charge is 0.262 e. The number of quaternary nitrogens is 1. The summed E-state index contributed by atoms with van der Waals surface area (Å²) in [7, 11) is 3.18. The van der Waals surface area contributed by atoms with Gasteiger partial charge in [-0.3, -0.25) is 10.1 Å². The Kier molecular flexibility index (Phi) is 8.28. The van der Waals surface area contributed by atoms with Crippen LogP contribution < -0.4 is 15.4 Å². The van der Waals surface area contributed by atoms with E-state index in [-0.39, 0.29) is 5.91 Å². The molecule has 0 saturated heterocycles. The van der Waals surface area contributed by atoms with Gasteiger partial charge in [0.05, 0.1) is 20.3 Å². The topological polar surface area (TPSA) is 64.2 Å². The predicted molar refractivity (Wildman–Crippen MR) is 87.8 cm³/mol. The molecule has 0 fully saturated rings. The Bertz CT molecular complexity index is 463. The molecule has 8 heteroatoms. The molecule has 1 aromatic rings. The van der Waals surface area contributed by atoms with Crippen molar-refractivity contribution < 1.29 is 19.6 Å². The number of halogens is 3. The number of carbonyl (C=O) groups is 1. The lowest BCUT2D eigenvalue weighted by Gasteiger charge is -2.23. The molecule has 0 saturated carbocycles. The van der Waals surface area contributed by atoms with Crippen LogP contribution in [0.3, 0.4) is 0 Å². The van der Waals surface area contributed by atoms with Crippen LogP contribution in [0, 0.1) is 0 Å². The SMILES string of the molecule is COCCC[NH2+][C@H](NC(=O)c1ccc(OC)cc1)C(Cl)(Cl)Cl.